The van der Waals surface area contributed by atoms with E-state index in [2.05, 4.69) is 0 Å². The number of nitrogen functional groups attached to an aromatic ring is 1. The zero-order chi connectivity index (χ0) is 14.6. The van der Waals surface area contributed by atoms with Crippen LogP contribution in [0.15, 0.2) is 23.1 Å². The van der Waals surface area contributed by atoms with Crippen molar-refractivity contribution in [3.63, 3.8) is 0 Å². The van der Waals surface area contributed by atoms with Gasteiger partial charge in [-0.05, 0) is 12.1 Å². The first kappa shape index (κ1) is 14.8. The van der Waals surface area contributed by atoms with E-state index < -0.39 is 27.5 Å². The van der Waals surface area contributed by atoms with Crippen LogP contribution in [0.25, 0.3) is 0 Å². The van der Waals surface area contributed by atoms with Crippen molar-refractivity contribution in [2.24, 2.45) is 5.73 Å². The highest BCUT2D eigenvalue weighted by atomic mass is 32.2. The molecule has 3 amide bonds. The SMILES string of the molecule is COc1ccc(N)c(S(=O)(=O)CC(=O)NC(N)=O)c1. The molecule has 0 saturated carbocycles. The Morgan fingerprint density at radius 2 is 2.00 bits per heavy atom. The lowest BCUT2D eigenvalue weighted by molar-refractivity contribution is -0.117. The number of sulfone groups is 1. The molecule has 5 N–H and O–H groups in total. The van der Waals surface area contributed by atoms with Gasteiger partial charge in [-0.25, -0.2) is 13.2 Å². The van der Waals surface area contributed by atoms with Crippen LogP contribution in [0.5, 0.6) is 5.75 Å². The van der Waals surface area contributed by atoms with Crippen molar-refractivity contribution < 1.29 is 22.7 Å². The molecule has 1 aromatic rings. The van der Waals surface area contributed by atoms with Gasteiger partial charge >= 0.3 is 6.03 Å². The van der Waals surface area contributed by atoms with E-state index in [9.17, 15) is 18.0 Å². The van der Waals surface area contributed by atoms with E-state index in [0.29, 0.717) is 0 Å². The molecule has 1 rings (SSSR count). The first-order valence-corrected chi connectivity index (χ1v) is 6.67. The fourth-order valence-corrected chi connectivity index (χ4v) is 2.63. The maximum absolute atomic E-state index is 12.0. The summed E-state index contributed by atoms with van der Waals surface area (Å²) in [5, 5.41) is 1.67. The van der Waals surface area contributed by atoms with Crippen LogP contribution in [0.1, 0.15) is 0 Å². The highest BCUT2D eigenvalue weighted by Crippen LogP contribution is 2.24. The molecule has 104 valence electrons. The fourth-order valence-electron chi connectivity index (χ4n) is 1.33. The van der Waals surface area contributed by atoms with Crippen molar-refractivity contribution in [2.75, 3.05) is 18.6 Å². The minimum absolute atomic E-state index is 0.0207. The Hall–Kier alpha value is -2.29. The number of nitrogens with one attached hydrogen (secondary N) is 1. The topological polar surface area (TPSA) is 142 Å². The molecule has 0 spiro atoms. The molecular weight excluding hydrogens is 274 g/mol. The Morgan fingerprint density at radius 3 is 2.53 bits per heavy atom. The molecule has 0 aliphatic rings. The average molecular weight is 287 g/mol. The highest BCUT2D eigenvalue weighted by molar-refractivity contribution is 7.92. The zero-order valence-electron chi connectivity index (χ0n) is 10.0. The molecule has 0 aliphatic heterocycles. The number of anilines is 1. The van der Waals surface area contributed by atoms with E-state index in [1.165, 1.54) is 25.3 Å². The molecular formula is C10H13N3O5S. The third-order valence-electron chi connectivity index (χ3n) is 2.14. The van der Waals surface area contributed by atoms with Crippen molar-refractivity contribution in [3.05, 3.63) is 18.2 Å². The normalized spacial score (nSPS) is 10.8. The van der Waals surface area contributed by atoms with E-state index in [0.717, 1.165) is 0 Å². The predicted octanol–water partition coefficient (Wildman–Crippen LogP) is -0.754. The standard InChI is InChI=1S/C10H13N3O5S/c1-18-6-2-3-7(11)8(4-6)19(16,17)5-9(14)13-10(12)15/h2-4H,5,11H2,1H3,(H3,12,13,14,15). The number of rotatable bonds is 4. The van der Waals surface area contributed by atoms with Gasteiger partial charge in [0.25, 0.3) is 0 Å². The summed E-state index contributed by atoms with van der Waals surface area (Å²) in [6.45, 7) is 0. The van der Waals surface area contributed by atoms with Gasteiger partial charge < -0.3 is 16.2 Å². The number of hydrogen-bond acceptors (Lipinski definition) is 6. The number of hydrogen-bond donors (Lipinski definition) is 3. The summed E-state index contributed by atoms with van der Waals surface area (Å²) in [6, 6.07) is 2.90. The number of nitrogens with two attached hydrogens (primary N) is 2. The number of methoxy groups -OCH3 is 1. The Kier molecular flexibility index (Phi) is 4.33. The second-order valence-electron chi connectivity index (χ2n) is 3.58. The van der Waals surface area contributed by atoms with E-state index in [4.69, 9.17) is 16.2 Å². The number of benzene rings is 1. The summed E-state index contributed by atoms with van der Waals surface area (Å²) in [4.78, 5) is 21.5. The number of imide groups is 1. The van der Waals surface area contributed by atoms with Crippen molar-refractivity contribution >= 4 is 27.5 Å². The number of urea groups is 1. The fraction of sp³-hybridized carbons (Fsp3) is 0.200. The third-order valence-corrected chi connectivity index (χ3v) is 3.81. The number of carbonyl (C=O) groups excluding carboxylic acids is 2. The highest BCUT2D eigenvalue weighted by Gasteiger charge is 2.23. The molecule has 0 bridgehead atoms. The number of carbonyl (C=O) groups is 2. The first-order chi connectivity index (χ1) is 8.76. The van der Waals surface area contributed by atoms with Crippen LogP contribution in [0.4, 0.5) is 10.5 Å². The summed E-state index contributed by atoms with van der Waals surface area (Å²) in [7, 11) is -2.63. The Bertz CT molecular complexity index is 612. The van der Waals surface area contributed by atoms with Crippen molar-refractivity contribution in [1.82, 2.24) is 5.32 Å². The molecule has 0 radical (unpaired) electrons. The number of amides is 3. The van der Waals surface area contributed by atoms with Gasteiger partial charge in [0, 0.05) is 6.07 Å². The summed E-state index contributed by atoms with van der Waals surface area (Å²) in [5.41, 5.74) is 10.2. The summed E-state index contributed by atoms with van der Waals surface area (Å²) in [5.74, 6) is -1.69. The van der Waals surface area contributed by atoms with Crippen LogP contribution in [0, 0.1) is 0 Å². The van der Waals surface area contributed by atoms with Gasteiger partial charge in [-0.3, -0.25) is 10.1 Å². The molecule has 19 heavy (non-hydrogen) atoms. The minimum atomic E-state index is -3.99. The van der Waals surface area contributed by atoms with Gasteiger partial charge in [0.2, 0.25) is 5.91 Å². The van der Waals surface area contributed by atoms with Crippen LogP contribution >= 0.6 is 0 Å². The van der Waals surface area contributed by atoms with Crippen LogP contribution in [-0.4, -0.2) is 33.2 Å². The monoisotopic (exact) mass is 287 g/mol. The predicted molar refractivity (Wildman–Crippen MR) is 67.2 cm³/mol. The van der Waals surface area contributed by atoms with Gasteiger partial charge in [0.15, 0.2) is 9.84 Å². The summed E-state index contributed by atoms with van der Waals surface area (Å²) < 4.78 is 28.8. The molecule has 0 aromatic heterocycles. The maximum atomic E-state index is 12.0. The van der Waals surface area contributed by atoms with E-state index >= 15 is 0 Å². The smallest absolute Gasteiger partial charge is 0.318 e. The maximum Gasteiger partial charge on any atom is 0.318 e. The first-order valence-electron chi connectivity index (χ1n) is 5.02. The van der Waals surface area contributed by atoms with Crippen LogP contribution in [0.2, 0.25) is 0 Å². The number of ether oxygens (including phenoxy) is 1. The van der Waals surface area contributed by atoms with Crippen molar-refractivity contribution in [1.29, 1.82) is 0 Å². The van der Waals surface area contributed by atoms with Gasteiger partial charge in [-0.2, -0.15) is 0 Å². The molecule has 0 fully saturated rings. The van der Waals surface area contributed by atoms with Gasteiger partial charge in [0.05, 0.1) is 17.7 Å². The molecule has 0 saturated heterocycles. The quantitative estimate of drug-likeness (QED) is 0.622. The molecule has 0 heterocycles. The molecule has 0 unspecified atom stereocenters. The minimum Gasteiger partial charge on any atom is -0.497 e. The van der Waals surface area contributed by atoms with Crippen molar-refractivity contribution in [3.8, 4) is 5.75 Å². The van der Waals surface area contributed by atoms with Crippen molar-refractivity contribution in [2.45, 2.75) is 4.90 Å². The van der Waals surface area contributed by atoms with E-state index in [1.807, 2.05) is 0 Å². The molecule has 1 aromatic carbocycles. The van der Waals surface area contributed by atoms with Crippen LogP contribution < -0.4 is 21.5 Å². The Labute approximate surface area is 109 Å². The average Bonchev–Trinajstić information content (AvgIpc) is 2.27. The lowest BCUT2D eigenvalue weighted by Gasteiger charge is -2.09. The van der Waals surface area contributed by atoms with Crippen LogP contribution in [0.3, 0.4) is 0 Å². The van der Waals surface area contributed by atoms with E-state index in [1.54, 1.807) is 5.32 Å². The largest absolute Gasteiger partial charge is 0.497 e. The van der Waals surface area contributed by atoms with Gasteiger partial charge in [-0.15, -0.1) is 0 Å². The second-order valence-corrected chi connectivity index (χ2v) is 5.53. The summed E-state index contributed by atoms with van der Waals surface area (Å²) in [6.07, 6.45) is 0. The molecule has 0 atom stereocenters. The summed E-state index contributed by atoms with van der Waals surface area (Å²) >= 11 is 0. The number of primary amides is 1. The lowest BCUT2D eigenvalue weighted by Crippen LogP contribution is -2.38. The lowest BCUT2D eigenvalue weighted by atomic mass is 10.3. The molecule has 9 heteroatoms. The zero-order valence-corrected chi connectivity index (χ0v) is 10.9. The van der Waals surface area contributed by atoms with Gasteiger partial charge in [0.1, 0.15) is 11.5 Å². The molecule has 8 nitrogen and oxygen atoms in total. The Morgan fingerprint density at radius 1 is 1.37 bits per heavy atom. The second kappa shape index (κ2) is 5.57. The van der Waals surface area contributed by atoms with Crippen LogP contribution in [-0.2, 0) is 14.6 Å². The molecule has 0 aliphatic carbocycles. The van der Waals surface area contributed by atoms with E-state index in [-0.39, 0.29) is 16.3 Å². The Balaban J connectivity index is 3.06. The third kappa shape index (κ3) is 3.85. The van der Waals surface area contributed by atoms with Gasteiger partial charge in [-0.1, -0.05) is 0 Å².